The van der Waals surface area contributed by atoms with Crippen LogP contribution in [0.4, 0.5) is 5.69 Å². The van der Waals surface area contributed by atoms with Crippen molar-refractivity contribution in [3.63, 3.8) is 0 Å². The van der Waals surface area contributed by atoms with Gasteiger partial charge in [0, 0.05) is 18.3 Å². The summed E-state index contributed by atoms with van der Waals surface area (Å²) in [5.74, 6) is -1.03. The van der Waals surface area contributed by atoms with E-state index in [1.165, 1.54) is 6.08 Å². The van der Waals surface area contributed by atoms with Crippen molar-refractivity contribution in [3.8, 4) is 0 Å². The third-order valence-electron chi connectivity index (χ3n) is 3.31. The van der Waals surface area contributed by atoms with Gasteiger partial charge in [-0.05, 0) is 36.6 Å². The summed E-state index contributed by atoms with van der Waals surface area (Å²) in [7, 11) is 0. The van der Waals surface area contributed by atoms with E-state index >= 15 is 0 Å². The number of hydrogen-bond donors (Lipinski definition) is 3. The van der Waals surface area contributed by atoms with Crippen LogP contribution in [0.2, 0.25) is 0 Å². The van der Waals surface area contributed by atoms with Gasteiger partial charge in [0.2, 0.25) is 5.91 Å². The van der Waals surface area contributed by atoms with Gasteiger partial charge in [0.25, 0.3) is 0 Å². The number of carbonyl (C=O) groups excluding carboxylic acids is 1. The van der Waals surface area contributed by atoms with E-state index in [-0.39, 0.29) is 11.3 Å². The van der Waals surface area contributed by atoms with Crippen molar-refractivity contribution in [1.29, 1.82) is 0 Å². The van der Waals surface area contributed by atoms with E-state index in [9.17, 15) is 9.59 Å². The van der Waals surface area contributed by atoms with E-state index in [1.807, 2.05) is 0 Å². The summed E-state index contributed by atoms with van der Waals surface area (Å²) in [6, 6.07) is 6.98. The lowest BCUT2D eigenvalue weighted by Crippen LogP contribution is -2.30. The van der Waals surface area contributed by atoms with Crippen molar-refractivity contribution < 1.29 is 14.7 Å². The van der Waals surface area contributed by atoms with Gasteiger partial charge in [0.1, 0.15) is 0 Å². The molecule has 2 rings (SSSR count). The van der Waals surface area contributed by atoms with Gasteiger partial charge in [-0.15, -0.1) is 0 Å². The highest BCUT2D eigenvalue weighted by Crippen LogP contribution is 2.45. The quantitative estimate of drug-likeness (QED) is 0.699. The molecule has 0 unspecified atom stereocenters. The standard InChI is InChI=1S/C14H16N2O3/c15-9-14(7-8-14)13(19)16-11-4-1-10(2-5-11)3-6-12(17)18/h1-6H,7-9,15H2,(H,16,19)(H,17,18)/b6-3+. The number of nitrogens with one attached hydrogen (secondary N) is 1. The maximum Gasteiger partial charge on any atom is 0.328 e. The van der Waals surface area contributed by atoms with Crippen molar-refractivity contribution in [2.75, 3.05) is 11.9 Å². The minimum absolute atomic E-state index is 0.0381. The summed E-state index contributed by atoms with van der Waals surface area (Å²) in [6.07, 6.45) is 4.25. The second-order valence-electron chi connectivity index (χ2n) is 4.73. The van der Waals surface area contributed by atoms with Crippen LogP contribution in [-0.2, 0) is 9.59 Å². The molecule has 1 aromatic rings. The number of carboxylic acids is 1. The van der Waals surface area contributed by atoms with Crippen molar-refractivity contribution >= 4 is 23.6 Å². The Bertz CT molecular complexity index is 516. The van der Waals surface area contributed by atoms with E-state index in [0.29, 0.717) is 12.2 Å². The molecule has 1 aliphatic carbocycles. The molecule has 0 bridgehead atoms. The van der Waals surface area contributed by atoms with E-state index in [0.717, 1.165) is 24.5 Å². The molecule has 0 spiro atoms. The first kappa shape index (κ1) is 13.3. The third-order valence-corrected chi connectivity index (χ3v) is 3.31. The zero-order valence-electron chi connectivity index (χ0n) is 10.4. The number of benzene rings is 1. The second-order valence-corrected chi connectivity index (χ2v) is 4.73. The predicted molar refractivity (Wildman–Crippen MR) is 72.5 cm³/mol. The monoisotopic (exact) mass is 260 g/mol. The summed E-state index contributed by atoms with van der Waals surface area (Å²) in [4.78, 5) is 22.3. The number of carbonyl (C=O) groups is 2. The molecule has 0 heterocycles. The Morgan fingerprint density at radius 2 is 1.95 bits per heavy atom. The maximum atomic E-state index is 11.9. The fourth-order valence-corrected chi connectivity index (χ4v) is 1.78. The third kappa shape index (κ3) is 3.20. The Balaban J connectivity index is 1.99. The molecule has 1 fully saturated rings. The number of hydrogen-bond acceptors (Lipinski definition) is 3. The first-order valence-corrected chi connectivity index (χ1v) is 6.08. The first-order valence-electron chi connectivity index (χ1n) is 6.08. The van der Waals surface area contributed by atoms with Gasteiger partial charge in [-0.2, -0.15) is 0 Å². The van der Waals surface area contributed by atoms with Crippen molar-refractivity contribution in [2.24, 2.45) is 11.1 Å². The maximum absolute atomic E-state index is 11.9. The number of carboxylic acid groups (broad SMARTS) is 1. The topological polar surface area (TPSA) is 92.4 Å². The van der Waals surface area contributed by atoms with Gasteiger partial charge >= 0.3 is 5.97 Å². The average molecular weight is 260 g/mol. The Morgan fingerprint density at radius 3 is 2.42 bits per heavy atom. The van der Waals surface area contributed by atoms with Gasteiger partial charge in [-0.1, -0.05) is 12.1 Å². The predicted octanol–water partition coefficient (Wildman–Crippen LogP) is 1.46. The van der Waals surface area contributed by atoms with E-state index in [4.69, 9.17) is 10.8 Å². The molecular formula is C14H16N2O3. The lowest BCUT2D eigenvalue weighted by Gasteiger charge is -2.12. The summed E-state index contributed by atoms with van der Waals surface area (Å²) in [5, 5.41) is 11.3. The normalized spacial score (nSPS) is 16.3. The molecule has 4 N–H and O–H groups in total. The fourth-order valence-electron chi connectivity index (χ4n) is 1.78. The molecule has 1 saturated carbocycles. The number of aliphatic carboxylic acids is 1. The highest BCUT2D eigenvalue weighted by Gasteiger charge is 2.48. The van der Waals surface area contributed by atoms with Gasteiger partial charge in [0.15, 0.2) is 0 Å². The summed E-state index contributed by atoms with van der Waals surface area (Å²) >= 11 is 0. The summed E-state index contributed by atoms with van der Waals surface area (Å²) < 4.78 is 0. The molecule has 1 amide bonds. The molecule has 0 aliphatic heterocycles. The first-order chi connectivity index (χ1) is 9.05. The highest BCUT2D eigenvalue weighted by atomic mass is 16.4. The van der Waals surface area contributed by atoms with Crippen LogP contribution < -0.4 is 11.1 Å². The van der Waals surface area contributed by atoms with Crippen LogP contribution in [0.1, 0.15) is 18.4 Å². The van der Waals surface area contributed by atoms with Crippen molar-refractivity contribution in [2.45, 2.75) is 12.8 Å². The fraction of sp³-hybridized carbons (Fsp3) is 0.286. The molecule has 1 aromatic carbocycles. The van der Waals surface area contributed by atoms with Crippen LogP contribution in [0.25, 0.3) is 6.08 Å². The zero-order valence-corrected chi connectivity index (χ0v) is 10.4. The minimum atomic E-state index is -0.990. The number of rotatable bonds is 5. The Morgan fingerprint density at radius 1 is 1.32 bits per heavy atom. The number of amides is 1. The molecule has 0 radical (unpaired) electrons. The molecule has 19 heavy (non-hydrogen) atoms. The molecular weight excluding hydrogens is 244 g/mol. The van der Waals surface area contributed by atoms with Crippen LogP contribution in [0.5, 0.6) is 0 Å². The lowest BCUT2D eigenvalue weighted by atomic mass is 10.1. The van der Waals surface area contributed by atoms with Crippen LogP contribution >= 0.6 is 0 Å². The van der Waals surface area contributed by atoms with Crippen molar-refractivity contribution in [3.05, 3.63) is 35.9 Å². The van der Waals surface area contributed by atoms with Gasteiger partial charge in [0.05, 0.1) is 5.41 Å². The lowest BCUT2D eigenvalue weighted by molar-refractivity contribution is -0.131. The van der Waals surface area contributed by atoms with E-state index in [1.54, 1.807) is 24.3 Å². The summed E-state index contributed by atoms with van der Waals surface area (Å²) in [6.45, 7) is 0.373. The Hall–Kier alpha value is -2.14. The van der Waals surface area contributed by atoms with Gasteiger partial charge < -0.3 is 16.2 Å². The summed E-state index contributed by atoms with van der Waals surface area (Å²) in [5.41, 5.74) is 6.67. The largest absolute Gasteiger partial charge is 0.478 e. The molecule has 0 atom stereocenters. The van der Waals surface area contributed by atoms with Crippen LogP contribution in [-0.4, -0.2) is 23.5 Å². The number of anilines is 1. The smallest absolute Gasteiger partial charge is 0.328 e. The van der Waals surface area contributed by atoms with Gasteiger partial charge in [-0.3, -0.25) is 4.79 Å². The molecule has 0 saturated heterocycles. The molecule has 100 valence electrons. The van der Waals surface area contributed by atoms with Crippen LogP contribution in [0.3, 0.4) is 0 Å². The van der Waals surface area contributed by atoms with E-state index in [2.05, 4.69) is 5.32 Å². The number of nitrogens with two attached hydrogens (primary N) is 1. The van der Waals surface area contributed by atoms with E-state index < -0.39 is 5.97 Å². The van der Waals surface area contributed by atoms with Crippen LogP contribution in [0, 0.1) is 5.41 Å². The molecule has 0 aromatic heterocycles. The Labute approximate surface area is 111 Å². The second kappa shape index (κ2) is 5.24. The SMILES string of the molecule is NCC1(C(=O)Nc2ccc(/C=C/C(=O)O)cc2)CC1. The van der Waals surface area contributed by atoms with Crippen molar-refractivity contribution in [1.82, 2.24) is 0 Å². The Kier molecular flexibility index (Phi) is 3.66. The van der Waals surface area contributed by atoms with Crippen LogP contribution in [0.15, 0.2) is 30.3 Å². The minimum Gasteiger partial charge on any atom is -0.478 e. The molecule has 5 heteroatoms. The molecule has 1 aliphatic rings. The average Bonchev–Trinajstić information content (AvgIpc) is 3.19. The highest BCUT2D eigenvalue weighted by molar-refractivity contribution is 5.97. The van der Waals surface area contributed by atoms with Gasteiger partial charge in [-0.25, -0.2) is 4.79 Å². The zero-order chi connectivity index (χ0) is 13.9. The molecule has 5 nitrogen and oxygen atoms in total.